The van der Waals surface area contributed by atoms with Gasteiger partial charge in [-0.3, -0.25) is 0 Å². The second-order valence-corrected chi connectivity index (χ2v) is 7.90. The van der Waals surface area contributed by atoms with Crippen molar-refractivity contribution in [2.75, 3.05) is 5.32 Å². The van der Waals surface area contributed by atoms with Gasteiger partial charge in [-0.05, 0) is 31.9 Å². The number of nitrogens with one attached hydrogen (secondary N) is 1. The molecule has 1 fully saturated rings. The molecule has 4 rings (SSSR count). The van der Waals surface area contributed by atoms with Gasteiger partial charge < -0.3 is 9.88 Å². The van der Waals surface area contributed by atoms with E-state index in [-0.39, 0.29) is 0 Å². The zero-order chi connectivity index (χ0) is 16.5. The van der Waals surface area contributed by atoms with Crippen molar-refractivity contribution in [3.8, 4) is 0 Å². The largest absolute Gasteiger partial charge is 0.332 e. The number of anilines is 2. The van der Waals surface area contributed by atoms with Crippen LogP contribution in [-0.2, 0) is 12.8 Å². The second kappa shape index (κ2) is 6.57. The summed E-state index contributed by atoms with van der Waals surface area (Å²) < 4.78 is 2.13. The molecule has 0 radical (unpaired) electrons. The van der Waals surface area contributed by atoms with E-state index in [0.29, 0.717) is 5.92 Å². The minimum absolute atomic E-state index is 0.626. The molecule has 0 atom stereocenters. The molecule has 0 saturated heterocycles. The van der Waals surface area contributed by atoms with Crippen LogP contribution in [0.25, 0.3) is 0 Å². The van der Waals surface area contributed by atoms with Gasteiger partial charge in [0.15, 0.2) is 10.3 Å². The molecular formula is C17H19N5S2. The zero-order valence-corrected chi connectivity index (χ0v) is 15.3. The molecule has 1 aromatic carbocycles. The molecule has 3 aromatic rings. The Morgan fingerprint density at radius 1 is 1.25 bits per heavy atom. The lowest BCUT2D eigenvalue weighted by atomic mass is 10.2. The summed E-state index contributed by atoms with van der Waals surface area (Å²) in [6.45, 7) is 2.09. The number of hydrogen-bond donors (Lipinski definition) is 1. The average molecular weight is 358 g/mol. The first-order valence-corrected chi connectivity index (χ1v) is 9.86. The van der Waals surface area contributed by atoms with Crippen LogP contribution in [0.1, 0.15) is 35.8 Å². The molecule has 2 heterocycles. The molecule has 0 bridgehead atoms. The number of aromatic nitrogens is 4. The summed E-state index contributed by atoms with van der Waals surface area (Å²) in [5.41, 5.74) is 3.39. The Bertz CT molecular complexity index is 833. The van der Waals surface area contributed by atoms with Gasteiger partial charge in [-0.2, -0.15) is 0 Å². The predicted octanol–water partition coefficient (Wildman–Crippen LogP) is 4.49. The fraction of sp³-hybridized carbons (Fsp3) is 0.353. The highest BCUT2D eigenvalue weighted by Crippen LogP contribution is 2.39. The van der Waals surface area contributed by atoms with Crippen molar-refractivity contribution in [1.29, 1.82) is 0 Å². The highest BCUT2D eigenvalue weighted by Gasteiger charge is 2.29. The first-order valence-electron chi connectivity index (χ1n) is 7.99. The molecule has 2 aromatic heterocycles. The molecule has 5 nitrogen and oxygen atoms in total. The minimum Gasteiger partial charge on any atom is -0.332 e. The van der Waals surface area contributed by atoms with Gasteiger partial charge >= 0.3 is 0 Å². The number of nitrogens with zero attached hydrogens (tertiary/aromatic N) is 4. The van der Waals surface area contributed by atoms with Crippen molar-refractivity contribution in [2.45, 2.75) is 36.6 Å². The predicted molar refractivity (Wildman–Crippen MR) is 99.1 cm³/mol. The average Bonchev–Trinajstić information content (AvgIpc) is 3.22. The first kappa shape index (κ1) is 15.7. The summed E-state index contributed by atoms with van der Waals surface area (Å²) >= 11 is 3.32. The number of aryl methyl sites for hydroxylation is 1. The van der Waals surface area contributed by atoms with Crippen molar-refractivity contribution in [2.24, 2.45) is 7.05 Å². The molecule has 24 heavy (non-hydrogen) atoms. The fourth-order valence-corrected chi connectivity index (χ4v) is 4.12. The second-order valence-electron chi connectivity index (χ2n) is 6.10. The lowest BCUT2D eigenvalue weighted by molar-refractivity contribution is 0.736. The molecule has 0 aliphatic heterocycles. The van der Waals surface area contributed by atoms with Crippen LogP contribution in [0, 0.1) is 6.92 Å². The van der Waals surface area contributed by atoms with Gasteiger partial charge in [-0.15, -0.1) is 21.5 Å². The molecule has 0 spiro atoms. The summed E-state index contributed by atoms with van der Waals surface area (Å²) in [5.74, 6) is 2.56. The molecule has 0 amide bonds. The van der Waals surface area contributed by atoms with Crippen LogP contribution < -0.4 is 5.32 Å². The molecule has 7 heteroatoms. The summed E-state index contributed by atoms with van der Waals surface area (Å²) in [6, 6.07) is 8.34. The van der Waals surface area contributed by atoms with Crippen molar-refractivity contribution in [3.05, 3.63) is 46.7 Å². The number of thiazole rings is 1. The molecule has 124 valence electrons. The Balaban J connectivity index is 1.37. The first-order chi connectivity index (χ1) is 11.7. The fourth-order valence-electron chi connectivity index (χ4n) is 2.48. The molecule has 1 N–H and O–H groups in total. The van der Waals surface area contributed by atoms with Crippen LogP contribution in [-0.4, -0.2) is 19.7 Å². The topological polar surface area (TPSA) is 55.6 Å². The van der Waals surface area contributed by atoms with E-state index in [4.69, 9.17) is 0 Å². The molecular weight excluding hydrogens is 338 g/mol. The summed E-state index contributed by atoms with van der Waals surface area (Å²) in [4.78, 5) is 4.66. The van der Waals surface area contributed by atoms with Crippen LogP contribution in [0.2, 0.25) is 0 Å². The third-order valence-electron chi connectivity index (χ3n) is 4.01. The van der Waals surface area contributed by atoms with E-state index in [9.17, 15) is 0 Å². The maximum Gasteiger partial charge on any atom is 0.191 e. The van der Waals surface area contributed by atoms with Crippen LogP contribution in [0.4, 0.5) is 10.8 Å². The van der Waals surface area contributed by atoms with Gasteiger partial charge in [0.2, 0.25) is 0 Å². The molecule has 1 aliphatic carbocycles. The van der Waals surface area contributed by atoms with E-state index >= 15 is 0 Å². The Labute approximate surface area is 149 Å². The van der Waals surface area contributed by atoms with Crippen molar-refractivity contribution < 1.29 is 0 Å². The van der Waals surface area contributed by atoms with Gasteiger partial charge in [-0.25, -0.2) is 4.98 Å². The Kier molecular flexibility index (Phi) is 4.28. The molecule has 0 unspecified atom stereocenters. The normalized spacial score (nSPS) is 14.1. The molecule has 1 saturated carbocycles. The highest BCUT2D eigenvalue weighted by atomic mass is 32.2. The highest BCUT2D eigenvalue weighted by molar-refractivity contribution is 7.98. The SMILES string of the molecule is Cc1ccc(Nc2nc(CSc3nnc(C4CC4)n3C)cs2)cc1. The van der Waals surface area contributed by atoms with Gasteiger partial charge in [-0.1, -0.05) is 29.5 Å². The number of thioether (sulfide) groups is 1. The van der Waals surface area contributed by atoms with Crippen LogP contribution >= 0.6 is 23.1 Å². The van der Waals surface area contributed by atoms with Crippen LogP contribution in [0.3, 0.4) is 0 Å². The summed E-state index contributed by atoms with van der Waals surface area (Å²) in [6.07, 6.45) is 2.49. The smallest absolute Gasteiger partial charge is 0.191 e. The Morgan fingerprint density at radius 3 is 2.79 bits per heavy atom. The summed E-state index contributed by atoms with van der Waals surface area (Å²) in [7, 11) is 2.06. The van der Waals surface area contributed by atoms with Crippen molar-refractivity contribution in [3.63, 3.8) is 0 Å². The van der Waals surface area contributed by atoms with Gasteiger partial charge in [0.25, 0.3) is 0 Å². The number of benzene rings is 1. The van der Waals surface area contributed by atoms with Gasteiger partial charge in [0, 0.05) is 29.8 Å². The van der Waals surface area contributed by atoms with E-state index in [1.165, 1.54) is 18.4 Å². The Morgan fingerprint density at radius 2 is 2.04 bits per heavy atom. The van der Waals surface area contributed by atoms with E-state index < -0.39 is 0 Å². The van der Waals surface area contributed by atoms with Crippen LogP contribution in [0.15, 0.2) is 34.8 Å². The zero-order valence-electron chi connectivity index (χ0n) is 13.7. The lowest BCUT2D eigenvalue weighted by Gasteiger charge is -2.03. The van der Waals surface area contributed by atoms with Crippen LogP contribution in [0.5, 0.6) is 0 Å². The maximum atomic E-state index is 4.66. The minimum atomic E-state index is 0.626. The third-order valence-corrected chi connectivity index (χ3v) is 5.88. The third kappa shape index (κ3) is 3.47. The Hall–Kier alpha value is -1.86. The number of hydrogen-bond acceptors (Lipinski definition) is 6. The van der Waals surface area contributed by atoms with E-state index in [0.717, 1.165) is 33.2 Å². The van der Waals surface area contributed by atoms with E-state index in [1.807, 2.05) is 0 Å². The maximum absolute atomic E-state index is 4.66. The standard InChI is InChI=1S/C17H19N5S2/c1-11-3-7-13(8-4-11)18-16-19-14(9-23-16)10-24-17-21-20-15(22(17)2)12-5-6-12/h3-4,7-9,12H,5-6,10H2,1-2H3,(H,18,19). The van der Waals surface area contributed by atoms with E-state index in [1.54, 1.807) is 23.1 Å². The van der Waals surface area contributed by atoms with E-state index in [2.05, 4.69) is 68.7 Å². The lowest BCUT2D eigenvalue weighted by Crippen LogP contribution is -1.97. The number of rotatable bonds is 6. The summed E-state index contributed by atoms with van der Waals surface area (Å²) in [5, 5.41) is 16.0. The van der Waals surface area contributed by atoms with Crippen molar-refractivity contribution in [1.82, 2.24) is 19.7 Å². The quantitative estimate of drug-likeness (QED) is 0.659. The van der Waals surface area contributed by atoms with Crippen molar-refractivity contribution >= 4 is 33.9 Å². The monoisotopic (exact) mass is 357 g/mol. The van der Waals surface area contributed by atoms with Gasteiger partial charge in [0.05, 0.1) is 5.69 Å². The molecule has 1 aliphatic rings. The van der Waals surface area contributed by atoms with Gasteiger partial charge in [0.1, 0.15) is 5.82 Å².